The van der Waals surface area contributed by atoms with E-state index in [0.29, 0.717) is 25.7 Å². The number of carbonyl (C=O) groups excluding carboxylic acids is 3. The number of benzene rings is 1. The molecule has 3 rings (SSSR count). The lowest BCUT2D eigenvalue weighted by atomic mass is 9.95. The molecule has 2 aliphatic heterocycles. The van der Waals surface area contributed by atoms with E-state index in [0.717, 1.165) is 16.1 Å². The molecule has 0 radical (unpaired) electrons. The largest absolute Gasteiger partial charge is 0.471 e. The first-order valence-corrected chi connectivity index (χ1v) is 14.4. The molecular formula is C24H33F3N6O5S. The first-order chi connectivity index (χ1) is 18.2. The molecule has 3 amide bonds. The molecule has 0 unspecified atom stereocenters. The molecule has 39 heavy (non-hydrogen) atoms. The molecule has 15 heteroatoms. The van der Waals surface area contributed by atoms with Gasteiger partial charge in [-0.25, -0.2) is 8.42 Å². The van der Waals surface area contributed by atoms with Crippen LogP contribution in [0.4, 0.5) is 13.2 Å². The lowest BCUT2D eigenvalue weighted by Crippen LogP contribution is -2.56. The third kappa shape index (κ3) is 7.91. The topological polar surface area (TPSA) is 157 Å². The van der Waals surface area contributed by atoms with Gasteiger partial charge in [-0.1, -0.05) is 30.3 Å². The van der Waals surface area contributed by atoms with Crippen LogP contribution in [0.25, 0.3) is 0 Å². The van der Waals surface area contributed by atoms with Crippen LogP contribution >= 0.6 is 0 Å². The quantitative estimate of drug-likeness (QED) is 0.306. The number of amides is 3. The van der Waals surface area contributed by atoms with Gasteiger partial charge in [0.2, 0.25) is 21.8 Å². The molecule has 1 aromatic rings. The van der Waals surface area contributed by atoms with Crippen molar-refractivity contribution in [2.45, 2.75) is 50.4 Å². The van der Waals surface area contributed by atoms with Crippen LogP contribution in [0.1, 0.15) is 31.2 Å². The highest BCUT2D eigenvalue weighted by Gasteiger charge is 2.42. The van der Waals surface area contributed by atoms with Gasteiger partial charge in [-0.05, 0) is 43.6 Å². The summed E-state index contributed by atoms with van der Waals surface area (Å²) in [5.74, 6) is -4.35. The average Bonchev–Trinajstić information content (AvgIpc) is 3.36. The van der Waals surface area contributed by atoms with E-state index in [1.165, 1.54) is 15.1 Å². The number of nitrogens with one attached hydrogen (secondary N) is 2. The Hall–Kier alpha value is -3.20. The van der Waals surface area contributed by atoms with Gasteiger partial charge in [0, 0.05) is 26.2 Å². The number of alkyl halides is 3. The van der Waals surface area contributed by atoms with E-state index in [-0.39, 0.29) is 38.5 Å². The lowest BCUT2D eigenvalue weighted by Gasteiger charge is -2.38. The second-order valence-electron chi connectivity index (χ2n) is 9.86. The Balaban J connectivity index is 1.78. The van der Waals surface area contributed by atoms with Gasteiger partial charge in [-0.2, -0.15) is 17.5 Å². The number of carbonyl (C=O) groups is 3. The predicted octanol–water partition coefficient (Wildman–Crippen LogP) is 0.661. The average molecular weight is 575 g/mol. The molecule has 11 nitrogen and oxygen atoms in total. The summed E-state index contributed by atoms with van der Waals surface area (Å²) in [5, 5.41) is 9.32. The van der Waals surface area contributed by atoms with Crippen molar-refractivity contribution in [3.05, 3.63) is 35.9 Å². The number of likely N-dealkylation sites (tertiary alicyclic amines) is 2. The first-order valence-electron chi connectivity index (χ1n) is 12.5. The standard InChI is InChI=1S/C24H33F3N6O5S/c1-39(37,38)33(15-17-9-12-31(13-10-17)23(29)30-22(36)24(25,26)27)19(14-16-6-3-2-4-7-16)21(35)32-11-5-8-18(32)20(28)34/h2-4,6-7,17-19H,5,8-15H2,1H3,(H2,28,34)(H2,29,30,36)/t18-,19+/m0/s1. The van der Waals surface area contributed by atoms with Crippen molar-refractivity contribution >= 4 is 33.7 Å². The van der Waals surface area contributed by atoms with E-state index in [4.69, 9.17) is 11.1 Å². The molecule has 0 aliphatic carbocycles. The number of guanidine groups is 1. The molecule has 2 fully saturated rings. The Morgan fingerprint density at radius 2 is 1.74 bits per heavy atom. The van der Waals surface area contributed by atoms with Gasteiger partial charge in [-0.3, -0.25) is 25.1 Å². The number of hydrogen-bond donors (Lipinski definition) is 3. The van der Waals surface area contributed by atoms with Crippen molar-refractivity contribution < 1.29 is 36.0 Å². The molecule has 4 N–H and O–H groups in total. The maximum Gasteiger partial charge on any atom is 0.471 e. The van der Waals surface area contributed by atoms with E-state index in [1.807, 2.05) is 0 Å². The fourth-order valence-electron chi connectivity index (χ4n) is 5.01. The van der Waals surface area contributed by atoms with Crippen molar-refractivity contribution in [3.63, 3.8) is 0 Å². The van der Waals surface area contributed by atoms with Crippen molar-refractivity contribution in [1.82, 2.24) is 19.4 Å². The Morgan fingerprint density at radius 1 is 1.13 bits per heavy atom. The zero-order chi connectivity index (χ0) is 29.0. The zero-order valence-corrected chi connectivity index (χ0v) is 22.3. The molecule has 0 aromatic heterocycles. The second-order valence-corrected chi connectivity index (χ2v) is 11.8. The van der Waals surface area contributed by atoms with E-state index >= 15 is 0 Å². The molecular weight excluding hydrogens is 541 g/mol. The number of sulfonamides is 1. The monoisotopic (exact) mass is 574 g/mol. The van der Waals surface area contributed by atoms with Gasteiger partial charge in [0.25, 0.3) is 0 Å². The van der Waals surface area contributed by atoms with E-state index in [2.05, 4.69) is 0 Å². The van der Waals surface area contributed by atoms with Gasteiger partial charge in [0.05, 0.1) is 6.26 Å². The highest BCUT2D eigenvalue weighted by Crippen LogP contribution is 2.26. The summed E-state index contributed by atoms with van der Waals surface area (Å²) in [6, 6.07) is 6.92. The molecule has 2 aliphatic rings. The number of rotatable bonds is 8. The van der Waals surface area contributed by atoms with Crippen LogP contribution < -0.4 is 11.1 Å². The van der Waals surface area contributed by atoms with E-state index in [1.54, 1.807) is 30.3 Å². The summed E-state index contributed by atoms with van der Waals surface area (Å²) in [6.07, 6.45) is -2.46. The predicted molar refractivity (Wildman–Crippen MR) is 136 cm³/mol. The van der Waals surface area contributed by atoms with E-state index < -0.39 is 52.0 Å². The molecule has 0 saturated carbocycles. The maximum absolute atomic E-state index is 13.8. The normalized spacial score (nSPS) is 19.7. The third-order valence-corrected chi connectivity index (χ3v) is 8.31. The molecule has 0 spiro atoms. The van der Waals surface area contributed by atoms with Crippen molar-refractivity contribution in [2.24, 2.45) is 11.7 Å². The van der Waals surface area contributed by atoms with Crippen LogP contribution in [-0.4, -0.2) is 96.9 Å². The highest BCUT2D eigenvalue weighted by atomic mass is 32.2. The zero-order valence-electron chi connectivity index (χ0n) is 21.5. The van der Waals surface area contributed by atoms with Gasteiger partial charge in [0.15, 0.2) is 5.96 Å². The minimum absolute atomic E-state index is 0.0345. The lowest BCUT2D eigenvalue weighted by molar-refractivity contribution is -0.172. The molecule has 2 saturated heterocycles. The van der Waals surface area contributed by atoms with Crippen LogP contribution in [0, 0.1) is 11.3 Å². The van der Waals surface area contributed by atoms with Crippen LogP contribution in [-0.2, 0) is 30.8 Å². The number of primary amides is 1. The summed E-state index contributed by atoms with van der Waals surface area (Å²) in [7, 11) is -3.93. The summed E-state index contributed by atoms with van der Waals surface area (Å²) >= 11 is 0. The second kappa shape index (κ2) is 12.3. The summed E-state index contributed by atoms with van der Waals surface area (Å²) < 4.78 is 64.8. The molecule has 2 heterocycles. The van der Waals surface area contributed by atoms with Crippen LogP contribution in [0.3, 0.4) is 0 Å². The maximum atomic E-state index is 13.8. The Labute approximate surface area is 225 Å². The van der Waals surface area contributed by atoms with Gasteiger partial charge < -0.3 is 15.5 Å². The van der Waals surface area contributed by atoms with Crippen LogP contribution in [0.15, 0.2) is 30.3 Å². The minimum Gasteiger partial charge on any atom is -0.368 e. The molecule has 0 bridgehead atoms. The number of halogens is 3. The van der Waals surface area contributed by atoms with Crippen LogP contribution in [0.2, 0.25) is 0 Å². The Morgan fingerprint density at radius 3 is 2.28 bits per heavy atom. The van der Waals surface area contributed by atoms with Gasteiger partial charge in [-0.15, -0.1) is 0 Å². The summed E-state index contributed by atoms with van der Waals surface area (Å²) in [4.78, 5) is 39.5. The van der Waals surface area contributed by atoms with Crippen LogP contribution in [0.5, 0.6) is 0 Å². The molecule has 216 valence electrons. The summed E-state index contributed by atoms with van der Waals surface area (Å²) in [6.45, 7) is 0.478. The Bertz CT molecular complexity index is 1170. The molecule has 1 aromatic carbocycles. The first kappa shape index (κ1) is 30.3. The number of piperidine rings is 1. The highest BCUT2D eigenvalue weighted by molar-refractivity contribution is 7.88. The van der Waals surface area contributed by atoms with Gasteiger partial charge in [0.1, 0.15) is 12.1 Å². The SMILES string of the molecule is CS(=O)(=O)N(CC1CCN(C(=N)NC(=O)C(F)(F)F)CC1)[C@H](Cc1ccccc1)C(=O)N1CCC[C@H]1C(N)=O. The van der Waals surface area contributed by atoms with E-state index in [9.17, 15) is 36.0 Å². The third-order valence-electron chi connectivity index (χ3n) is 7.05. The number of nitrogens with zero attached hydrogens (tertiary/aromatic N) is 3. The van der Waals surface area contributed by atoms with Crippen molar-refractivity contribution in [3.8, 4) is 0 Å². The molecule has 2 atom stereocenters. The Kier molecular flexibility index (Phi) is 9.59. The minimum atomic E-state index is -5.12. The fraction of sp³-hybridized carbons (Fsp3) is 0.583. The van der Waals surface area contributed by atoms with Crippen molar-refractivity contribution in [2.75, 3.05) is 32.4 Å². The number of nitrogens with two attached hydrogens (primary N) is 1. The van der Waals surface area contributed by atoms with Crippen molar-refractivity contribution in [1.29, 1.82) is 5.41 Å². The summed E-state index contributed by atoms with van der Waals surface area (Å²) in [5.41, 5.74) is 6.23. The smallest absolute Gasteiger partial charge is 0.368 e. The fourth-order valence-corrected chi connectivity index (χ4v) is 6.12. The number of hydrogen-bond acceptors (Lipinski definition) is 6. The van der Waals surface area contributed by atoms with Gasteiger partial charge >= 0.3 is 12.1 Å².